The van der Waals surface area contributed by atoms with E-state index >= 15 is 0 Å². The summed E-state index contributed by atoms with van der Waals surface area (Å²) in [6.07, 6.45) is 4.24. The molecule has 0 unspecified atom stereocenters. The van der Waals surface area contributed by atoms with Crippen molar-refractivity contribution < 1.29 is 25.8 Å². The number of rotatable bonds is 8. The Morgan fingerprint density at radius 3 is 1.75 bits per heavy atom. The minimum absolute atomic E-state index is 0. The van der Waals surface area contributed by atoms with Gasteiger partial charge in [0, 0.05) is 61.1 Å². The normalized spacial score (nSPS) is 13.8. The van der Waals surface area contributed by atoms with Crippen LogP contribution in [0.3, 0.4) is 0 Å². The Hall–Kier alpha value is -5.90. The third-order valence-electron chi connectivity index (χ3n) is 13.6. The van der Waals surface area contributed by atoms with Gasteiger partial charge < -0.3 is 19.1 Å². The molecule has 2 aromatic heterocycles. The molecule has 8 aromatic rings. The molecule has 1 aliphatic heterocycles. The second kappa shape index (κ2) is 18.1. The van der Waals surface area contributed by atoms with Crippen molar-refractivity contribution in [3.05, 3.63) is 198 Å². The molecular formula is C63H67N4OPt-3. The second-order valence-corrected chi connectivity index (χ2v) is 23.3. The van der Waals surface area contributed by atoms with E-state index in [9.17, 15) is 0 Å². The molecule has 6 heteroatoms. The van der Waals surface area contributed by atoms with Gasteiger partial charge >= 0.3 is 0 Å². The molecule has 0 N–H and O–H groups in total. The number of anilines is 2. The molecule has 5 nitrogen and oxygen atoms in total. The van der Waals surface area contributed by atoms with Crippen molar-refractivity contribution in [3.8, 4) is 28.4 Å². The predicted molar refractivity (Wildman–Crippen MR) is 286 cm³/mol. The number of benzene rings is 6. The van der Waals surface area contributed by atoms with Crippen LogP contribution in [-0.4, -0.2) is 9.55 Å². The van der Waals surface area contributed by atoms with Crippen LogP contribution in [0.1, 0.15) is 125 Å². The Bertz CT molecular complexity index is 3160. The number of ether oxygens (including phenoxy) is 1. The van der Waals surface area contributed by atoms with Gasteiger partial charge in [0.25, 0.3) is 0 Å². The molecule has 0 fully saturated rings. The Balaban J connectivity index is 0.00000642. The number of aromatic nitrogens is 2. The fourth-order valence-corrected chi connectivity index (χ4v) is 9.35. The summed E-state index contributed by atoms with van der Waals surface area (Å²) in [4.78, 5) is 9.60. The molecule has 3 heterocycles. The van der Waals surface area contributed by atoms with Gasteiger partial charge in [-0.2, -0.15) is 0 Å². The molecule has 0 bridgehead atoms. The van der Waals surface area contributed by atoms with Gasteiger partial charge in [-0.1, -0.05) is 193 Å². The van der Waals surface area contributed by atoms with Crippen LogP contribution in [0.15, 0.2) is 152 Å². The summed E-state index contributed by atoms with van der Waals surface area (Å²) in [5.74, 6) is 2.07. The summed E-state index contributed by atoms with van der Waals surface area (Å²) in [5, 5.41) is 2.32. The minimum Gasteiger partial charge on any atom is -0.509 e. The summed E-state index contributed by atoms with van der Waals surface area (Å²) in [7, 11) is 0. The Kier molecular flexibility index (Phi) is 13.0. The van der Waals surface area contributed by atoms with E-state index in [1.165, 1.54) is 27.8 Å². The first kappa shape index (κ1) is 49.5. The van der Waals surface area contributed by atoms with Crippen LogP contribution in [0.4, 0.5) is 11.4 Å². The molecule has 0 atom stereocenters. The number of pyridine rings is 1. The molecule has 69 heavy (non-hydrogen) atoms. The van der Waals surface area contributed by atoms with Crippen LogP contribution in [0.25, 0.3) is 38.8 Å². The topological polar surface area (TPSA) is 33.5 Å². The van der Waals surface area contributed by atoms with Crippen molar-refractivity contribution in [2.45, 2.75) is 124 Å². The fourth-order valence-electron chi connectivity index (χ4n) is 9.35. The van der Waals surface area contributed by atoms with Crippen LogP contribution in [0.2, 0.25) is 0 Å². The second-order valence-electron chi connectivity index (χ2n) is 23.3. The third-order valence-corrected chi connectivity index (χ3v) is 13.6. The monoisotopic (exact) mass is 1090 g/mol. The van der Waals surface area contributed by atoms with E-state index in [1.54, 1.807) is 0 Å². The molecule has 0 aliphatic carbocycles. The maximum atomic E-state index is 7.15. The summed E-state index contributed by atoms with van der Waals surface area (Å²) < 4.78 is 9.41. The van der Waals surface area contributed by atoms with Gasteiger partial charge in [-0.3, -0.25) is 0 Å². The first-order valence-electron chi connectivity index (χ1n) is 24.1. The Morgan fingerprint density at radius 1 is 0.536 bits per heavy atom. The molecule has 1 aliphatic rings. The smallest absolute Gasteiger partial charge is 0.135 e. The van der Waals surface area contributed by atoms with Gasteiger partial charge in [0.1, 0.15) is 5.82 Å². The van der Waals surface area contributed by atoms with Crippen LogP contribution in [0, 0.1) is 18.8 Å². The standard InChI is InChI=1S/C63H67N4O.Pt/c1-59(2,3)45-29-30-64-57(36-45)67-54-28-22-21-27-52(54)58-53(62(10,11)12)38-51(39-55(58)67)68-50-32-43(42-23-17-15-18-24-42)31-49(37-50)66-41-65(40-56(66)63(13,14)44-25-19-16-20-26-44)48-34-46(60(4,5)6)33-47(35-48)61(7,8)9;/h15-36,38,40-41H,1-14H3;/q-3;. The number of hydrogen-bond acceptors (Lipinski definition) is 4. The SMILES string of the molecule is CC(C)(C)c1cc(N2C=C(C(C)(C)c3ccccc3)N(c3[c-]c(Oc4[c-]c5c(c(C(C)(C)C)c4)c4ccccc4n5-c4cc(C(C)(C)C)ccn4)cc(-c4ccccc4)c3)[CH-]2)cc(C(C)(C)C)c1.[Pt]. The third kappa shape index (κ3) is 9.82. The van der Waals surface area contributed by atoms with Gasteiger partial charge in [-0.15, -0.1) is 53.8 Å². The number of hydrogen-bond donors (Lipinski definition) is 0. The number of allylic oxidation sites excluding steroid dienone is 1. The number of fused-ring (bicyclic) bond motifs is 3. The quantitative estimate of drug-likeness (QED) is 0.142. The molecule has 0 saturated carbocycles. The molecular weight excluding hydrogens is 1020 g/mol. The average Bonchev–Trinajstić information content (AvgIpc) is 3.89. The van der Waals surface area contributed by atoms with Crippen molar-refractivity contribution in [2.24, 2.45) is 0 Å². The first-order chi connectivity index (χ1) is 32.0. The Morgan fingerprint density at radius 2 is 1.13 bits per heavy atom. The molecule has 0 radical (unpaired) electrons. The zero-order valence-electron chi connectivity index (χ0n) is 42.9. The van der Waals surface area contributed by atoms with E-state index in [2.05, 4.69) is 270 Å². The van der Waals surface area contributed by atoms with E-state index in [0.29, 0.717) is 11.5 Å². The van der Waals surface area contributed by atoms with E-state index in [0.717, 1.165) is 55.8 Å². The minimum atomic E-state index is -0.398. The van der Waals surface area contributed by atoms with E-state index in [-0.39, 0.29) is 42.7 Å². The van der Waals surface area contributed by atoms with Crippen LogP contribution >= 0.6 is 0 Å². The summed E-state index contributed by atoms with van der Waals surface area (Å²) in [6, 6.07) is 55.6. The maximum Gasteiger partial charge on any atom is 0.135 e. The van der Waals surface area contributed by atoms with Gasteiger partial charge in [-0.05, 0) is 91.4 Å². The number of nitrogens with zero attached hydrogens (tertiary/aromatic N) is 4. The zero-order chi connectivity index (χ0) is 48.6. The maximum absolute atomic E-state index is 7.15. The van der Waals surface area contributed by atoms with Crippen molar-refractivity contribution in [3.63, 3.8) is 0 Å². The van der Waals surface area contributed by atoms with Crippen LogP contribution < -0.4 is 14.5 Å². The summed E-state index contributed by atoms with van der Waals surface area (Å²) >= 11 is 0. The van der Waals surface area contributed by atoms with Crippen LogP contribution in [-0.2, 0) is 48.1 Å². The Labute approximate surface area is 426 Å². The predicted octanol–water partition coefficient (Wildman–Crippen LogP) is 16.7. The van der Waals surface area contributed by atoms with Gasteiger partial charge in [0.2, 0.25) is 0 Å². The van der Waals surface area contributed by atoms with Crippen molar-refractivity contribution in [1.82, 2.24) is 9.55 Å². The van der Waals surface area contributed by atoms with Crippen molar-refractivity contribution in [2.75, 3.05) is 9.80 Å². The average molecular weight is 1090 g/mol. The number of para-hydroxylation sites is 1. The van der Waals surface area contributed by atoms with Gasteiger partial charge in [0.15, 0.2) is 0 Å². The molecule has 358 valence electrons. The van der Waals surface area contributed by atoms with Crippen LogP contribution in [0.5, 0.6) is 11.5 Å². The van der Waals surface area contributed by atoms with Gasteiger partial charge in [-0.25, -0.2) is 4.98 Å². The van der Waals surface area contributed by atoms with E-state index in [1.807, 2.05) is 6.20 Å². The van der Waals surface area contributed by atoms with E-state index < -0.39 is 5.41 Å². The molecule has 0 saturated heterocycles. The van der Waals surface area contributed by atoms with Crippen molar-refractivity contribution >= 4 is 33.2 Å². The summed E-state index contributed by atoms with van der Waals surface area (Å²) in [6.45, 7) is 34.2. The molecule has 0 spiro atoms. The first-order valence-corrected chi connectivity index (χ1v) is 24.1. The fraction of sp³-hybridized carbons (Fsp3) is 0.302. The van der Waals surface area contributed by atoms with E-state index in [4.69, 9.17) is 9.72 Å². The zero-order valence-corrected chi connectivity index (χ0v) is 45.2. The van der Waals surface area contributed by atoms with Gasteiger partial charge in [0.05, 0.1) is 0 Å². The summed E-state index contributed by atoms with van der Waals surface area (Å²) in [5.41, 5.74) is 12.7. The molecule has 9 rings (SSSR count). The van der Waals surface area contributed by atoms with Crippen molar-refractivity contribution in [1.29, 1.82) is 0 Å². The molecule has 6 aromatic carbocycles. The largest absolute Gasteiger partial charge is 0.509 e. The molecule has 0 amide bonds.